The molecule has 0 unspecified atom stereocenters. The molecule has 3 aromatic carbocycles. The van der Waals surface area contributed by atoms with Crippen LogP contribution >= 0.6 is 0 Å². The maximum Gasteiger partial charge on any atom is 0.264 e. The summed E-state index contributed by atoms with van der Waals surface area (Å²) in [7, 11) is -2.27. The number of nitrogens with zero attached hydrogens (tertiary/aromatic N) is 2. The zero-order valence-corrected chi connectivity index (χ0v) is 18.8. The van der Waals surface area contributed by atoms with E-state index in [1.165, 1.54) is 23.5 Å². The van der Waals surface area contributed by atoms with Crippen molar-refractivity contribution in [1.29, 1.82) is 0 Å². The third-order valence-corrected chi connectivity index (χ3v) is 7.58. The fourth-order valence-corrected chi connectivity index (χ4v) is 5.29. The number of hydrogen-bond acceptors (Lipinski definition) is 3. The number of sulfonamides is 1. The van der Waals surface area contributed by atoms with E-state index in [-0.39, 0.29) is 10.8 Å². The molecule has 1 aliphatic rings. The van der Waals surface area contributed by atoms with Crippen molar-refractivity contribution in [3.63, 3.8) is 0 Å². The Bertz CT molecular complexity index is 1230. The second-order valence-electron chi connectivity index (χ2n) is 7.98. The van der Waals surface area contributed by atoms with Crippen molar-refractivity contribution in [2.24, 2.45) is 0 Å². The Morgan fingerprint density at radius 3 is 2.42 bits per heavy atom. The summed E-state index contributed by atoms with van der Waals surface area (Å²) < 4.78 is 27.7. The van der Waals surface area contributed by atoms with Crippen LogP contribution in [0.2, 0.25) is 0 Å². The van der Waals surface area contributed by atoms with Crippen LogP contribution in [0.4, 0.5) is 11.4 Å². The molecule has 0 spiro atoms. The van der Waals surface area contributed by atoms with Gasteiger partial charge in [0.25, 0.3) is 15.9 Å². The van der Waals surface area contributed by atoms with Crippen LogP contribution in [0.15, 0.2) is 71.6 Å². The lowest BCUT2D eigenvalue weighted by Crippen LogP contribution is -2.36. The summed E-state index contributed by atoms with van der Waals surface area (Å²) in [6, 6.07) is 19.7. The largest absolute Gasteiger partial charge is 0.308 e. The van der Waals surface area contributed by atoms with Crippen LogP contribution in [-0.2, 0) is 16.4 Å². The van der Waals surface area contributed by atoms with Crippen LogP contribution < -0.4 is 9.21 Å². The van der Waals surface area contributed by atoms with Crippen LogP contribution in [0.25, 0.3) is 0 Å². The second-order valence-corrected chi connectivity index (χ2v) is 9.95. The Labute approximate surface area is 184 Å². The Kier molecular flexibility index (Phi) is 5.58. The smallest absolute Gasteiger partial charge is 0.264 e. The van der Waals surface area contributed by atoms with E-state index in [9.17, 15) is 13.2 Å². The highest BCUT2D eigenvalue weighted by atomic mass is 32.2. The number of carbonyl (C=O) groups is 1. The highest BCUT2D eigenvalue weighted by Crippen LogP contribution is 2.32. The first-order valence-corrected chi connectivity index (χ1v) is 11.8. The number of para-hydroxylation sites is 1. The number of anilines is 2. The molecule has 0 bridgehead atoms. The van der Waals surface area contributed by atoms with Crippen LogP contribution in [0.1, 0.15) is 33.5 Å². The number of amides is 1. The molecule has 5 nitrogen and oxygen atoms in total. The standard InChI is InChI=1S/C25H26N2O3S/c1-18-12-14-22(15-13-18)26(3)31(29,30)23-11-5-9-21(17-23)25(28)27-16-6-10-20-8-4-7-19(2)24(20)27/h4-5,7-9,11-15,17H,6,10,16H2,1-3H3. The summed E-state index contributed by atoms with van der Waals surface area (Å²) in [5.74, 6) is -0.176. The van der Waals surface area contributed by atoms with Gasteiger partial charge in [0.15, 0.2) is 0 Å². The van der Waals surface area contributed by atoms with E-state index in [1.54, 1.807) is 29.2 Å². The maximum absolute atomic E-state index is 13.4. The van der Waals surface area contributed by atoms with Gasteiger partial charge >= 0.3 is 0 Å². The fourth-order valence-electron chi connectivity index (χ4n) is 4.05. The molecule has 1 amide bonds. The van der Waals surface area contributed by atoms with Gasteiger partial charge in [-0.2, -0.15) is 0 Å². The van der Waals surface area contributed by atoms with E-state index in [4.69, 9.17) is 0 Å². The Morgan fingerprint density at radius 1 is 0.968 bits per heavy atom. The van der Waals surface area contributed by atoms with E-state index in [0.29, 0.717) is 17.8 Å². The summed E-state index contributed by atoms with van der Waals surface area (Å²) in [6.45, 7) is 4.58. The minimum atomic E-state index is -3.80. The second kappa shape index (κ2) is 8.19. The molecule has 0 saturated carbocycles. The number of benzene rings is 3. The van der Waals surface area contributed by atoms with Gasteiger partial charge in [0.05, 0.1) is 16.3 Å². The van der Waals surface area contributed by atoms with Gasteiger partial charge in [-0.15, -0.1) is 0 Å². The molecule has 3 aromatic rings. The summed E-state index contributed by atoms with van der Waals surface area (Å²) in [5.41, 5.74) is 5.15. The summed E-state index contributed by atoms with van der Waals surface area (Å²) >= 11 is 0. The number of hydrogen-bond donors (Lipinski definition) is 0. The topological polar surface area (TPSA) is 57.7 Å². The Morgan fingerprint density at radius 2 is 1.68 bits per heavy atom. The number of carbonyl (C=O) groups excluding carboxylic acids is 1. The normalized spacial score (nSPS) is 13.6. The van der Waals surface area contributed by atoms with E-state index < -0.39 is 10.0 Å². The highest BCUT2D eigenvalue weighted by Gasteiger charge is 2.27. The molecule has 0 N–H and O–H groups in total. The molecule has 0 aromatic heterocycles. The molecular weight excluding hydrogens is 408 g/mol. The van der Waals surface area contributed by atoms with Crippen molar-refractivity contribution in [2.75, 3.05) is 22.8 Å². The molecule has 0 fully saturated rings. The minimum Gasteiger partial charge on any atom is -0.308 e. The van der Waals surface area contributed by atoms with Gasteiger partial charge in [0.1, 0.15) is 0 Å². The average Bonchev–Trinajstić information content (AvgIpc) is 2.78. The lowest BCUT2D eigenvalue weighted by Gasteiger charge is -2.31. The van der Waals surface area contributed by atoms with Gasteiger partial charge in [-0.25, -0.2) is 8.42 Å². The van der Waals surface area contributed by atoms with Crippen molar-refractivity contribution in [1.82, 2.24) is 0 Å². The van der Waals surface area contributed by atoms with E-state index in [0.717, 1.165) is 35.2 Å². The predicted octanol–water partition coefficient (Wildman–Crippen LogP) is 4.72. The molecule has 160 valence electrons. The SMILES string of the molecule is Cc1ccc(N(C)S(=O)(=O)c2cccc(C(=O)N3CCCc4cccc(C)c43)c2)cc1. The highest BCUT2D eigenvalue weighted by molar-refractivity contribution is 7.92. The first-order valence-electron chi connectivity index (χ1n) is 10.3. The molecule has 0 radical (unpaired) electrons. The molecule has 0 saturated heterocycles. The lowest BCUT2D eigenvalue weighted by atomic mass is 9.97. The number of aryl methyl sites for hydroxylation is 3. The zero-order chi connectivity index (χ0) is 22.2. The van der Waals surface area contributed by atoms with Gasteiger partial charge in [-0.1, -0.05) is 42.0 Å². The van der Waals surface area contributed by atoms with Crippen molar-refractivity contribution >= 4 is 27.3 Å². The van der Waals surface area contributed by atoms with Gasteiger partial charge in [-0.3, -0.25) is 9.10 Å². The molecule has 0 atom stereocenters. The van der Waals surface area contributed by atoms with E-state index in [2.05, 4.69) is 6.07 Å². The van der Waals surface area contributed by atoms with Gasteiger partial charge < -0.3 is 4.90 Å². The molecule has 4 rings (SSSR count). The van der Waals surface area contributed by atoms with Crippen molar-refractivity contribution in [3.05, 3.63) is 89.0 Å². The average molecular weight is 435 g/mol. The Balaban J connectivity index is 1.68. The van der Waals surface area contributed by atoms with E-state index in [1.807, 2.05) is 38.1 Å². The number of rotatable bonds is 4. The first kappa shape index (κ1) is 21.1. The van der Waals surface area contributed by atoms with Crippen molar-refractivity contribution in [2.45, 2.75) is 31.6 Å². The lowest BCUT2D eigenvalue weighted by molar-refractivity contribution is 0.0984. The van der Waals surface area contributed by atoms with Gasteiger partial charge in [-0.05, 0) is 68.1 Å². The third kappa shape index (κ3) is 3.95. The molecule has 6 heteroatoms. The van der Waals surface area contributed by atoms with Crippen LogP contribution in [-0.4, -0.2) is 27.9 Å². The van der Waals surface area contributed by atoms with Crippen molar-refractivity contribution < 1.29 is 13.2 Å². The maximum atomic E-state index is 13.4. The van der Waals surface area contributed by atoms with Crippen LogP contribution in [0.5, 0.6) is 0 Å². The molecule has 0 aliphatic carbocycles. The fraction of sp³-hybridized carbons (Fsp3) is 0.240. The monoisotopic (exact) mass is 434 g/mol. The van der Waals surface area contributed by atoms with Gasteiger partial charge in [0.2, 0.25) is 0 Å². The summed E-state index contributed by atoms with van der Waals surface area (Å²) in [5, 5.41) is 0. The van der Waals surface area contributed by atoms with Crippen LogP contribution in [0.3, 0.4) is 0 Å². The van der Waals surface area contributed by atoms with E-state index >= 15 is 0 Å². The summed E-state index contributed by atoms with van der Waals surface area (Å²) in [6.07, 6.45) is 1.83. The molecule has 31 heavy (non-hydrogen) atoms. The quantitative estimate of drug-likeness (QED) is 0.597. The minimum absolute atomic E-state index is 0.100. The summed E-state index contributed by atoms with van der Waals surface area (Å²) in [4.78, 5) is 15.3. The molecular formula is C25H26N2O3S. The predicted molar refractivity (Wildman–Crippen MR) is 124 cm³/mol. The zero-order valence-electron chi connectivity index (χ0n) is 18.0. The third-order valence-electron chi connectivity index (χ3n) is 5.80. The Hall–Kier alpha value is -3.12. The van der Waals surface area contributed by atoms with Crippen molar-refractivity contribution in [3.8, 4) is 0 Å². The molecule has 1 aliphatic heterocycles. The first-order chi connectivity index (χ1) is 14.8. The van der Waals surface area contributed by atoms with Crippen LogP contribution in [0, 0.1) is 13.8 Å². The molecule has 1 heterocycles. The number of fused-ring (bicyclic) bond motifs is 1. The van der Waals surface area contributed by atoms with Gasteiger partial charge in [0, 0.05) is 19.2 Å².